The first-order chi connectivity index (χ1) is 10.6. The molecule has 0 unspecified atom stereocenters. The highest BCUT2D eigenvalue weighted by Crippen LogP contribution is 2.23. The summed E-state index contributed by atoms with van der Waals surface area (Å²) in [7, 11) is 0. The molecule has 1 aromatic carbocycles. The fraction of sp³-hybridized carbons (Fsp3) is 0.412. The number of aromatic nitrogens is 2. The Morgan fingerprint density at radius 1 is 1.18 bits per heavy atom. The number of rotatable bonds is 3. The van der Waals surface area contributed by atoms with Crippen LogP contribution in [-0.4, -0.2) is 47.2 Å². The number of H-pyrrole nitrogens is 1. The molecule has 3 rings (SSSR count). The molecule has 5 heteroatoms. The molecule has 0 atom stereocenters. The molecular formula is C17H22N4O. The first-order valence-corrected chi connectivity index (χ1v) is 7.72. The number of anilines is 1. The third-order valence-electron chi connectivity index (χ3n) is 4.45. The summed E-state index contributed by atoms with van der Waals surface area (Å²) < 4.78 is 0. The lowest BCUT2D eigenvalue weighted by molar-refractivity contribution is -0.130. The highest BCUT2D eigenvalue weighted by atomic mass is 16.2. The number of nitrogens with one attached hydrogen (secondary N) is 1. The average molecular weight is 298 g/mol. The minimum absolute atomic E-state index is 0.171. The van der Waals surface area contributed by atoms with Gasteiger partial charge in [-0.15, -0.1) is 0 Å². The minimum atomic E-state index is 0.171. The van der Waals surface area contributed by atoms with Crippen molar-refractivity contribution >= 4 is 11.6 Å². The van der Waals surface area contributed by atoms with E-state index in [-0.39, 0.29) is 5.91 Å². The molecule has 1 amide bonds. The number of nitrogens with zero attached hydrogens (tertiary/aromatic N) is 3. The molecule has 1 saturated heterocycles. The lowest BCUT2D eigenvalue weighted by atomic mass is 10.1. The van der Waals surface area contributed by atoms with Crippen LogP contribution in [0.3, 0.4) is 0 Å². The largest absolute Gasteiger partial charge is 0.368 e. The van der Waals surface area contributed by atoms with Crippen molar-refractivity contribution in [2.75, 3.05) is 31.1 Å². The van der Waals surface area contributed by atoms with Gasteiger partial charge in [-0.25, -0.2) is 0 Å². The van der Waals surface area contributed by atoms with Crippen molar-refractivity contribution in [3.05, 3.63) is 47.3 Å². The molecule has 1 fully saturated rings. The SMILES string of the molecule is Cc1cccc(N2CCN(C(=O)Cc3ccn[nH]3)CC2)c1C. The van der Waals surface area contributed by atoms with E-state index in [2.05, 4.69) is 47.1 Å². The van der Waals surface area contributed by atoms with Gasteiger partial charge in [0.2, 0.25) is 5.91 Å². The van der Waals surface area contributed by atoms with E-state index in [0.717, 1.165) is 31.9 Å². The summed E-state index contributed by atoms with van der Waals surface area (Å²) in [6, 6.07) is 8.27. The monoisotopic (exact) mass is 298 g/mol. The van der Waals surface area contributed by atoms with Crippen LogP contribution < -0.4 is 4.90 Å². The van der Waals surface area contributed by atoms with E-state index in [9.17, 15) is 4.79 Å². The van der Waals surface area contributed by atoms with Crippen LogP contribution in [0.2, 0.25) is 0 Å². The molecule has 1 aromatic heterocycles. The van der Waals surface area contributed by atoms with Crippen LogP contribution in [0.4, 0.5) is 5.69 Å². The first kappa shape index (κ1) is 14.6. The number of aromatic amines is 1. The van der Waals surface area contributed by atoms with E-state index in [4.69, 9.17) is 0 Å². The molecule has 2 aromatic rings. The normalized spacial score (nSPS) is 15.2. The van der Waals surface area contributed by atoms with Crippen molar-refractivity contribution in [3.8, 4) is 0 Å². The van der Waals surface area contributed by atoms with Crippen LogP contribution in [-0.2, 0) is 11.2 Å². The zero-order valence-electron chi connectivity index (χ0n) is 13.2. The van der Waals surface area contributed by atoms with Gasteiger partial charge in [0, 0.05) is 43.8 Å². The number of carbonyl (C=O) groups is 1. The lowest BCUT2D eigenvalue weighted by Crippen LogP contribution is -2.49. The second-order valence-electron chi connectivity index (χ2n) is 5.85. The maximum absolute atomic E-state index is 12.3. The first-order valence-electron chi connectivity index (χ1n) is 7.72. The van der Waals surface area contributed by atoms with Crippen molar-refractivity contribution < 1.29 is 4.79 Å². The number of carbonyl (C=O) groups excluding carboxylic acids is 1. The van der Waals surface area contributed by atoms with Gasteiger partial charge in [-0.3, -0.25) is 9.89 Å². The van der Waals surface area contributed by atoms with Crippen LogP contribution in [0.1, 0.15) is 16.8 Å². The highest BCUT2D eigenvalue weighted by molar-refractivity contribution is 5.78. The van der Waals surface area contributed by atoms with Gasteiger partial charge in [0.1, 0.15) is 0 Å². The lowest BCUT2D eigenvalue weighted by Gasteiger charge is -2.37. The van der Waals surface area contributed by atoms with Crippen LogP contribution in [0, 0.1) is 13.8 Å². The maximum Gasteiger partial charge on any atom is 0.228 e. The van der Waals surface area contributed by atoms with Gasteiger partial charge in [-0.1, -0.05) is 12.1 Å². The van der Waals surface area contributed by atoms with Crippen molar-refractivity contribution in [3.63, 3.8) is 0 Å². The van der Waals surface area contributed by atoms with E-state index in [1.165, 1.54) is 16.8 Å². The average Bonchev–Trinajstić information content (AvgIpc) is 3.03. The van der Waals surface area contributed by atoms with Crippen molar-refractivity contribution in [1.82, 2.24) is 15.1 Å². The van der Waals surface area contributed by atoms with E-state index >= 15 is 0 Å². The van der Waals surface area contributed by atoms with Gasteiger partial charge in [0.05, 0.1) is 6.42 Å². The summed E-state index contributed by atoms with van der Waals surface area (Å²) in [6.07, 6.45) is 2.09. The van der Waals surface area contributed by atoms with E-state index in [1.54, 1.807) is 6.20 Å². The number of aryl methyl sites for hydroxylation is 1. The van der Waals surface area contributed by atoms with Gasteiger partial charge >= 0.3 is 0 Å². The highest BCUT2D eigenvalue weighted by Gasteiger charge is 2.22. The van der Waals surface area contributed by atoms with Crippen molar-refractivity contribution in [1.29, 1.82) is 0 Å². The Kier molecular flexibility index (Phi) is 4.13. The number of benzene rings is 1. The number of amides is 1. The maximum atomic E-state index is 12.3. The standard InChI is InChI=1S/C17H22N4O/c1-13-4-3-5-16(14(13)2)20-8-10-21(11-9-20)17(22)12-15-6-7-18-19-15/h3-7H,8-12H2,1-2H3,(H,18,19). The predicted octanol–water partition coefficient (Wildman–Crippen LogP) is 1.92. The molecule has 0 bridgehead atoms. The van der Waals surface area contributed by atoms with E-state index in [1.807, 2.05) is 11.0 Å². The van der Waals surface area contributed by atoms with Gasteiger partial charge in [-0.05, 0) is 37.1 Å². The topological polar surface area (TPSA) is 52.2 Å². The molecule has 0 radical (unpaired) electrons. The molecule has 0 saturated carbocycles. The summed E-state index contributed by atoms with van der Waals surface area (Å²) in [5.74, 6) is 0.171. The molecule has 2 heterocycles. The Labute approximate surface area is 130 Å². The Balaban J connectivity index is 1.60. The van der Waals surface area contributed by atoms with Gasteiger partial charge in [-0.2, -0.15) is 5.10 Å². The predicted molar refractivity (Wildman–Crippen MR) is 87.0 cm³/mol. The quantitative estimate of drug-likeness (QED) is 0.942. The second-order valence-corrected chi connectivity index (χ2v) is 5.85. The van der Waals surface area contributed by atoms with Gasteiger partial charge < -0.3 is 9.80 Å². The van der Waals surface area contributed by atoms with E-state index < -0.39 is 0 Å². The second kappa shape index (κ2) is 6.22. The number of hydrogen-bond acceptors (Lipinski definition) is 3. The molecule has 116 valence electrons. The van der Waals surface area contributed by atoms with Gasteiger partial charge in [0.25, 0.3) is 0 Å². The molecule has 0 spiro atoms. The van der Waals surface area contributed by atoms with Crippen LogP contribution >= 0.6 is 0 Å². The third-order valence-corrected chi connectivity index (χ3v) is 4.45. The molecule has 1 aliphatic rings. The zero-order chi connectivity index (χ0) is 15.5. The Hall–Kier alpha value is -2.30. The Bertz CT molecular complexity index is 643. The summed E-state index contributed by atoms with van der Waals surface area (Å²) in [5, 5.41) is 6.73. The number of piperazine rings is 1. The molecule has 1 aliphatic heterocycles. The minimum Gasteiger partial charge on any atom is -0.368 e. The molecule has 22 heavy (non-hydrogen) atoms. The summed E-state index contributed by atoms with van der Waals surface area (Å²) in [6.45, 7) is 7.64. The fourth-order valence-corrected chi connectivity index (χ4v) is 2.93. The third kappa shape index (κ3) is 2.98. The fourth-order valence-electron chi connectivity index (χ4n) is 2.93. The van der Waals surface area contributed by atoms with Crippen LogP contribution in [0.5, 0.6) is 0 Å². The van der Waals surface area contributed by atoms with Crippen molar-refractivity contribution in [2.45, 2.75) is 20.3 Å². The molecule has 0 aliphatic carbocycles. The van der Waals surface area contributed by atoms with Crippen LogP contribution in [0.25, 0.3) is 0 Å². The smallest absolute Gasteiger partial charge is 0.228 e. The summed E-state index contributed by atoms with van der Waals surface area (Å²) in [4.78, 5) is 16.6. The van der Waals surface area contributed by atoms with Gasteiger partial charge in [0.15, 0.2) is 0 Å². The molecular weight excluding hydrogens is 276 g/mol. The Morgan fingerprint density at radius 3 is 2.64 bits per heavy atom. The number of hydrogen-bond donors (Lipinski definition) is 1. The van der Waals surface area contributed by atoms with Crippen LogP contribution in [0.15, 0.2) is 30.5 Å². The molecule has 5 nitrogen and oxygen atoms in total. The zero-order valence-corrected chi connectivity index (χ0v) is 13.2. The summed E-state index contributed by atoms with van der Waals surface area (Å²) in [5.41, 5.74) is 4.82. The van der Waals surface area contributed by atoms with Crippen molar-refractivity contribution in [2.24, 2.45) is 0 Å². The summed E-state index contributed by atoms with van der Waals surface area (Å²) >= 11 is 0. The Morgan fingerprint density at radius 2 is 1.95 bits per heavy atom. The van der Waals surface area contributed by atoms with E-state index in [0.29, 0.717) is 6.42 Å². The molecule has 1 N–H and O–H groups in total.